The number of nitrogens with zero attached hydrogens (tertiary/aromatic N) is 3. The molecule has 4 nitrogen and oxygen atoms in total. The fourth-order valence-electron chi connectivity index (χ4n) is 3.31. The molecule has 0 saturated carbocycles. The first-order valence-electron chi connectivity index (χ1n) is 7.64. The summed E-state index contributed by atoms with van der Waals surface area (Å²) in [6, 6.07) is 0. The number of aryl methyl sites for hydroxylation is 2. The van der Waals surface area contributed by atoms with Crippen molar-refractivity contribution in [2.24, 2.45) is 18.7 Å². The monoisotopic (exact) mass is 264 g/mol. The van der Waals surface area contributed by atoms with Crippen LogP contribution in [0.3, 0.4) is 0 Å². The van der Waals surface area contributed by atoms with Crippen LogP contribution in [0, 0.1) is 12.8 Å². The fraction of sp³-hybridized carbons (Fsp3) is 0.800. The third kappa shape index (κ3) is 3.11. The Bertz CT molecular complexity index is 411. The highest BCUT2D eigenvalue weighted by atomic mass is 15.4. The van der Waals surface area contributed by atoms with E-state index in [4.69, 9.17) is 5.73 Å². The van der Waals surface area contributed by atoms with E-state index in [0.29, 0.717) is 6.54 Å². The van der Waals surface area contributed by atoms with E-state index in [1.807, 2.05) is 4.68 Å². The van der Waals surface area contributed by atoms with E-state index < -0.39 is 0 Å². The van der Waals surface area contributed by atoms with Crippen molar-refractivity contribution in [3.8, 4) is 0 Å². The Labute approximate surface area is 117 Å². The standard InChI is InChI=1S/C15H28N4/c1-4-13-6-5-10-19(11-8-13)15-14(7-9-16)12(2)17-18(15)3/h13H,4-11,16H2,1-3H3. The molecule has 0 bridgehead atoms. The number of hydrogen-bond acceptors (Lipinski definition) is 3. The normalized spacial score (nSPS) is 20.6. The fourth-order valence-corrected chi connectivity index (χ4v) is 3.31. The van der Waals surface area contributed by atoms with Crippen LogP contribution in [0.25, 0.3) is 0 Å². The summed E-state index contributed by atoms with van der Waals surface area (Å²) in [6.07, 6.45) is 6.22. The van der Waals surface area contributed by atoms with Crippen LogP contribution < -0.4 is 10.6 Å². The Hall–Kier alpha value is -1.03. The van der Waals surface area contributed by atoms with Gasteiger partial charge in [-0.2, -0.15) is 5.10 Å². The highest BCUT2D eigenvalue weighted by molar-refractivity contribution is 5.50. The summed E-state index contributed by atoms with van der Waals surface area (Å²) < 4.78 is 2.05. The molecule has 0 radical (unpaired) electrons. The third-order valence-corrected chi connectivity index (χ3v) is 4.43. The lowest BCUT2D eigenvalue weighted by molar-refractivity contribution is 0.459. The zero-order valence-corrected chi connectivity index (χ0v) is 12.7. The largest absolute Gasteiger partial charge is 0.357 e. The Morgan fingerprint density at radius 1 is 1.32 bits per heavy atom. The van der Waals surface area contributed by atoms with E-state index >= 15 is 0 Å². The molecule has 0 spiro atoms. The minimum absolute atomic E-state index is 0.699. The van der Waals surface area contributed by atoms with Gasteiger partial charge in [-0.1, -0.05) is 13.3 Å². The molecule has 2 rings (SSSR count). The average Bonchev–Trinajstić information content (AvgIpc) is 2.59. The van der Waals surface area contributed by atoms with Gasteiger partial charge in [0, 0.05) is 25.7 Å². The van der Waals surface area contributed by atoms with Crippen LogP contribution in [0.2, 0.25) is 0 Å². The van der Waals surface area contributed by atoms with Gasteiger partial charge in [0.15, 0.2) is 0 Å². The van der Waals surface area contributed by atoms with Gasteiger partial charge in [0.2, 0.25) is 0 Å². The molecule has 0 aromatic carbocycles. The summed E-state index contributed by atoms with van der Waals surface area (Å²) in [5.41, 5.74) is 8.24. The quantitative estimate of drug-likeness (QED) is 0.907. The first kappa shape index (κ1) is 14.4. The maximum Gasteiger partial charge on any atom is 0.130 e. The van der Waals surface area contributed by atoms with Gasteiger partial charge in [0.1, 0.15) is 5.82 Å². The predicted octanol–water partition coefficient (Wildman–Crippen LogP) is 2.25. The molecule has 0 aliphatic carbocycles. The van der Waals surface area contributed by atoms with E-state index in [2.05, 4.69) is 30.9 Å². The highest BCUT2D eigenvalue weighted by Gasteiger charge is 2.22. The van der Waals surface area contributed by atoms with Crippen molar-refractivity contribution < 1.29 is 0 Å². The van der Waals surface area contributed by atoms with E-state index in [-0.39, 0.29) is 0 Å². The Kier molecular flexibility index (Phi) is 4.86. The van der Waals surface area contributed by atoms with E-state index in [0.717, 1.165) is 31.1 Å². The second kappa shape index (κ2) is 6.42. The molecule has 1 aliphatic rings. The van der Waals surface area contributed by atoms with Crippen LogP contribution in [-0.4, -0.2) is 29.4 Å². The van der Waals surface area contributed by atoms with Gasteiger partial charge in [0.25, 0.3) is 0 Å². The number of rotatable bonds is 4. The van der Waals surface area contributed by atoms with Crippen molar-refractivity contribution in [1.29, 1.82) is 0 Å². The van der Waals surface area contributed by atoms with E-state index in [1.165, 1.54) is 37.1 Å². The van der Waals surface area contributed by atoms with Crippen LogP contribution in [0.15, 0.2) is 0 Å². The van der Waals surface area contributed by atoms with Crippen LogP contribution >= 0.6 is 0 Å². The molecule has 2 N–H and O–H groups in total. The topological polar surface area (TPSA) is 47.1 Å². The second-order valence-electron chi connectivity index (χ2n) is 5.74. The molecule has 4 heteroatoms. The number of hydrogen-bond donors (Lipinski definition) is 1. The molecule has 1 aliphatic heterocycles. The summed E-state index contributed by atoms with van der Waals surface area (Å²) in [7, 11) is 2.06. The van der Waals surface area contributed by atoms with Gasteiger partial charge in [-0.3, -0.25) is 4.68 Å². The second-order valence-corrected chi connectivity index (χ2v) is 5.74. The minimum atomic E-state index is 0.699. The maximum absolute atomic E-state index is 5.76. The molecule has 1 saturated heterocycles. The van der Waals surface area contributed by atoms with Crippen molar-refractivity contribution in [3.05, 3.63) is 11.3 Å². The molecule has 108 valence electrons. The van der Waals surface area contributed by atoms with Gasteiger partial charge in [-0.05, 0) is 45.1 Å². The van der Waals surface area contributed by atoms with Gasteiger partial charge < -0.3 is 10.6 Å². The molecule has 2 heterocycles. The molecule has 1 unspecified atom stereocenters. The minimum Gasteiger partial charge on any atom is -0.357 e. The molecule has 1 aromatic rings. The van der Waals surface area contributed by atoms with Crippen LogP contribution in [0.5, 0.6) is 0 Å². The van der Waals surface area contributed by atoms with Gasteiger partial charge in [-0.25, -0.2) is 0 Å². The molecule has 1 aromatic heterocycles. The van der Waals surface area contributed by atoms with Crippen molar-refractivity contribution in [3.63, 3.8) is 0 Å². The lowest BCUT2D eigenvalue weighted by Gasteiger charge is -2.24. The smallest absolute Gasteiger partial charge is 0.130 e. The van der Waals surface area contributed by atoms with Crippen LogP contribution in [-0.2, 0) is 13.5 Å². The summed E-state index contributed by atoms with van der Waals surface area (Å²) in [5, 5.41) is 4.59. The first-order chi connectivity index (χ1) is 9.17. The highest BCUT2D eigenvalue weighted by Crippen LogP contribution is 2.28. The number of anilines is 1. The van der Waals surface area contributed by atoms with Crippen molar-refractivity contribution in [2.45, 2.75) is 46.0 Å². The average molecular weight is 264 g/mol. The molecule has 1 fully saturated rings. The SMILES string of the molecule is CCC1CCCN(c2c(CCN)c(C)nn2C)CC1. The number of aromatic nitrogens is 2. The van der Waals surface area contributed by atoms with Crippen molar-refractivity contribution >= 4 is 5.82 Å². The van der Waals surface area contributed by atoms with Crippen molar-refractivity contribution in [2.75, 3.05) is 24.5 Å². The van der Waals surface area contributed by atoms with Gasteiger partial charge >= 0.3 is 0 Å². The predicted molar refractivity (Wildman–Crippen MR) is 80.5 cm³/mol. The van der Waals surface area contributed by atoms with E-state index in [9.17, 15) is 0 Å². The zero-order chi connectivity index (χ0) is 13.8. The Morgan fingerprint density at radius 3 is 2.79 bits per heavy atom. The summed E-state index contributed by atoms with van der Waals surface area (Å²) in [5.74, 6) is 2.21. The molecular weight excluding hydrogens is 236 g/mol. The van der Waals surface area contributed by atoms with Gasteiger partial charge in [-0.15, -0.1) is 0 Å². The van der Waals surface area contributed by atoms with Crippen LogP contribution in [0.1, 0.15) is 43.9 Å². The maximum atomic E-state index is 5.76. The van der Waals surface area contributed by atoms with Crippen LogP contribution in [0.4, 0.5) is 5.82 Å². The lowest BCUT2D eigenvalue weighted by Crippen LogP contribution is -2.27. The lowest BCUT2D eigenvalue weighted by atomic mass is 9.98. The summed E-state index contributed by atoms with van der Waals surface area (Å²) >= 11 is 0. The summed E-state index contributed by atoms with van der Waals surface area (Å²) in [6.45, 7) is 7.43. The summed E-state index contributed by atoms with van der Waals surface area (Å²) in [4.78, 5) is 2.53. The Morgan fingerprint density at radius 2 is 2.11 bits per heavy atom. The molecule has 19 heavy (non-hydrogen) atoms. The Balaban J connectivity index is 2.20. The molecular formula is C15H28N4. The van der Waals surface area contributed by atoms with Gasteiger partial charge in [0.05, 0.1) is 5.69 Å². The molecule has 1 atom stereocenters. The third-order valence-electron chi connectivity index (χ3n) is 4.43. The van der Waals surface area contributed by atoms with E-state index in [1.54, 1.807) is 0 Å². The number of nitrogens with two attached hydrogens (primary N) is 1. The molecule has 0 amide bonds. The zero-order valence-electron chi connectivity index (χ0n) is 12.7. The first-order valence-corrected chi connectivity index (χ1v) is 7.64. The van der Waals surface area contributed by atoms with Crippen molar-refractivity contribution in [1.82, 2.24) is 9.78 Å².